The smallest absolute Gasteiger partial charge is 0.304 e. The summed E-state index contributed by atoms with van der Waals surface area (Å²) in [5.74, 6) is -0.488. The number of rotatable bonds is 2. The van der Waals surface area contributed by atoms with Gasteiger partial charge in [-0.1, -0.05) is 17.7 Å². The van der Waals surface area contributed by atoms with Crippen molar-refractivity contribution in [3.05, 3.63) is 53.3 Å². The predicted octanol–water partition coefficient (Wildman–Crippen LogP) is 4.20. The van der Waals surface area contributed by atoms with Crippen LogP contribution in [0.15, 0.2) is 36.5 Å². The van der Waals surface area contributed by atoms with Gasteiger partial charge in [0.1, 0.15) is 11.6 Å². The molecule has 0 aliphatic carbocycles. The monoisotopic (exact) mass is 404 g/mol. The highest BCUT2D eigenvalue weighted by Gasteiger charge is 2.50. The highest BCUT2D eigenvalue weighted by molar-refractivity contribution is 7.81. The van der Waals surface area contributed by atoms with E-state index in [1.165, 1.54) is 6.07 Å². The zero-order valence-corrected chi connectivity index (χ0v) is 16.0. The van der Waals surface area contributed by atoms with E-state index in [0.29, 0.717) is 5.69 Å². The van der Waals surface area contributed by atoms with E-state index in [9.17, 15) is 18.0 Å². The maximum absolute atomic E-state index is 13.3. The zero-order valence-electron chi connectivity index (χ0n) is 15.2. The second-order valence-corrected chi connectivity index (χ2v) is 7.22. The lowest BCUT2D eigenvalue weighted by Gasteiger charge is -2.29. The van der Waals surface area contributed by atoms with Crippen LogP contribution in [-0.4, -0.2) is 21.5 Å². The fourth-order valence-corrected chi connectivity index (χ4v) is 3.55. The van der Waals surface area contributed by atoms with E-state index in [2.05, 4.69) is 4.98 Å². The maximum atomic E-state index is 13.3. The Morgan fingerprint density at radius 3 is 2.32 bits per heavy atom. The Labute approximate surface area is 165 Å². The van der Waals surface area contributed by atoms with E-state index in [-0.39, 0.29) is 10.8 Å². The van der Waals surface area contributed by atoms with Gasteiger partial charge in [-0.05, 0) is 51.2 Å². The number of aromatic nitrogens is 1. The summed E-state index contributed by atoms with van der Waals surface area (Å²) in [6.45, 7) is 5.20. The van der Waals surface area contributed by atoms with Crippen LogP contribution in [0.3, 0.4) is 0 Å². The Hall–Kier alpha value is -2.99. The van der Waals surface area contributed by atoms with E-state index in [1.54, 1.807) is 30.9 Å². The van der Waals surface area contributed by atoms with Gasteiger partial charge < -0.3 is 4.90 Å². The number of benzene rings is 1. The van der Waals surface area contributed by atoms with Gasteiger partial charge in [0.15, 0.2) is 10.8 Å². The van der Waals surface area contributed by atoms with Crippen molar-refractivity contribution < 1.29 is 18.0 Å². The van der Waals surface area contributed by atoms with Gasteiger partial charge in [0.05, 0.1) is 17.4 Å². The SMILES string of the molecule is Cc1ccc(N2C(=S)N(c3cnc(C#N)c(C(F)(F)F)c3)C(=O)C2(C)C)cc1. The van der Waals surface area contributed by atoms with Gasteiger partial charge >= 0.3 is 6.18 Å². The van der Waals surface area contributed by atoms with E-state index < -0.39 is 28.9 Å². The molecule has 9 heteroatoms. The van der Waals surface area contributed by atoms with Gasteiger partial charge in [0.2, 0.25) is 0 Å². The molecule has 0 bridgehead atoms. The minimum Gasteiger partial charge on any atom is -0.304 e. The number of hydrogen-bond donors (Lipinski definition) is 0. The molecule has 1 aliphatic rings. The summed E-state index contributed by atoms with van der Waals surface area (Å²) in [5.41, 5.74) is -1.56. The number of hydrogen-bond acceptors (Lipinski definition) is 4. The Balaban J connectivity index is 2.11. The number of anilines is 2. The summed E-state index contributed by atoms with van der Waals surface area (Å²) < 4.78 is 39.9. The number of thiocarbonyl (C=S) groups is 1. The Morgan fingerprint density at radius 2 is 1.79 bits per heavy atom. The van der Waals surface area contributed by atoms with Crippen molar-refractivity contribution in [3.8, 4) is 6.07 Å². The van der Waals surface area contributed by atoms with Gasteiger partial charge in [-0.2, -0.15) is 18.4 Å². The molecule has 1 aliphatic heterocycles. The first-order valence-electron chi connectivity index (χ1n) is 8.21. The molecule has 1 aromatic carbocycles. The first kappa shape index (κ1) is 19.8. The Kier molecular flexibility index (Phi) is 4.63. The van der Waals surface area contributed by atoms with Gasteiger partial charge in [0, 0.05) is 5.69 Å². The Morgan fingerprint density at radius 1 is 1.18 bits per heavy atom. The molecule has 2 aromatic rings. The third kappa shape index (κ3) is 3.10. The summed E-state index contributed by atoms with van der Waals surface area (Å²) in [7, 11) is 0. The van der Waals surface area contributed by atoms with Crippen LogP contribution in [0.2, 0.25) is 0 Å². The van der Waals surface area contributed by atoms with Gasteiger partial charge in [-0.3, -0.25) is 9.69 Å². The van der Waals surface area contributed by atoms with Crippen molar-refractivity contribution in [2.45, 2.75) is 32.5 Å². The van der Waals surface area contributed by atoms with E-state index in [4.69, 9.17) is 17.5 Å². The quantitative estimate of drug-likeness (QED) is 0.703. The van der Waals surface area contributed by atoms with Crippen LogP contribution in [0.5, 0.6) is 0 Å². The third-order valence-electron chi connectivity index (χ3n) is 4.50. The van der Waals surface area contributed by atoms with E-state index in [0.717, 1.165) is 22.7 Å². The molecular weight excluding hydrogens is 389 g/mol. The highest BCUT2D eigenvalue weighted by atomic mass is 32.1. The molecule has 0 unspecified atom stereocenters. The number of carbonyl (C=O) groups is 1. The van der Waals surface area contributed by atoms with Crippen LogP contribution in [0.1, 0.15) is 30.7 Å². The number of halogens is 3. The largest absolute Gasteiger partial charge is 0.419 e. The number of aryl methyl sites for hydroxylation is 1. The fourth-order valence-electron chi connectivity index (χ4n) is 3.03. The number of carbonyl (C=O) groups excluding carboxylic acids is 1. The molecule has 0 radical (unpaired) electrons. The molecule has 1 aromatic heterocycles. The number of amides is 1. The van der Waals surface area contributed by atoms with Crippen LogP contribution < -0.4 is 9.80 Å². The average molecular weight is 404 g/mol. The molecule has 0 saturated carbocycles. The van der Waals surface area contributed by atoms with Crippen molar-refractivity contribution in [2.24, 2.45) is 0 Å². The average Bonchev–Trinajstić information content (AvgIpc) is 2.79. The number of pyridine rings is 1. The molecule has 1 saturated heterocycles. The summed E-state index contributed by atoms with van der Waals surface area (Å²) in [5, 5.41) is 8.95. The van der Waals surface area contributed by atoms with Gasteiger partial charge in [-0.25, -0.2) is 4.98 Å². The van der Waals surface area contributed by atoms with Crippen molar-refractivity contribution in [1.29, 1.82) is 5.26 Å². The van der Waals surface area contributed by atoms with Crippen molar-refractivity contribution in [2.75, 3.05) is 9.80 Å². The van der Waals surface area contributed by atoms with Crippen molar-refractivity contribution in [1.82, 2.24) is 4.98 Å². The second-order valence-electron chi connectivity index (χ2n) is 6.85. The van der Waals surface area contributed by atoms with Crippen LogP contribution in [0, 0.1) is 18.3 Å². The predicted molar refractivity (Wildman–Crippen MR) is 102 cm³/mol. The number of nitrogens with zero attached hydrogens (tertiary/aromatic N) is 4. The topological polar surface area (TPSA) is 60.2 Å². The molecule has 0 N–H and O–H groups in total. The molecule has 0 spiro atoms. The van der Waals surface area contributed by atoms with Crippen molar-refractivity contribution in [3.63, 3.8) is 0 Å². The fraction of sp³-hybridized carbons (Fsp3) is 0.263. The van der Waals surface area contributed by atoms with Gasteiger partial charge in [0.25, 0.3) is 5.91 Å². The molecule has 144 valence electrons. The molecule has 1 amide bonds. The first-order chi connectivity index (χ1) is 13.0. The maximum Gasteiger partial charge on any atom is 0.419 e. The molecular formula is C19H15F3N4OS. The lowest BCUT2D eigenvalue weighted by atomic mass is 10.0. The summed E-state index contributed by atoms with van der Waals surface area (Å²) in [4.78, 5) is 19.2. The third-order valence-corrected chi connectivity index (χ3v) is 4.87. The molecule has 1 fully saturated rings. The van der Waals surface area contributed by atoms with Crippen molar-refractivity contribution >= 4 is 34.6 Å². The summed E-state index contributed by atoms with van der Waals surface area (Å²) in [6.07, 6.45) is -3.74. The molecule has 28 heavy (non-hydrogen) atoms. The second kappa shape index (κ2) is 6.56. The lowest BCUT2D eigenvalue weighted by molar-refractivity contribution is -0.138. The van der Waals surface area contributed by atoms with Crippen LogP contribution in [0.4, 0.5) is 24.5 Å². The number of nitriles is 1. The number of alkyl halides is 3. The zero-order chi connectivity index (χ0) is 20.9. The minimum atomic E-state index is -4.79. The summed E-state index contributed by atoms with van der Waals surface area (Å²) in [6, 6.07) is 9.43. The highest BCUT2D eigenvalue weighted by Crippen LogP contribution is 2.38. The molecule has 5 nitrogen and oxygen atoms in total. The standard InChI is InChI=1S/C19H15F3N4OS/c1-11-4-6-12(7-5-11)26-17(28)25(16(27)18(26,2)3)13-8-14(19(20,21)22)15(9-23)24-10-13/h4-8,10H,1-3H3. The van der Waals surface area contributed by atoms with E-state index >= 15 is 0 Å². The van der Waals surface area contributed by atoms with Gasteiger partial charge in [-0.15, -0.1) is 0 Å². The van der Waals surface area contributed by atoms with E-state index in [1.807, 2.05) is 19.1 Å². The first-order valence-corrected chi connectivity index (χ1v) is 8.62. The Bertz CT molecular complexity index is 1010. The van der Waals surface area contributed by atoms with Crippen LogP contribution in [-0.2, 0) is 11.0 Å². The normalized spacial score (nSPS) is 16.5. The molecule has 2 heterocycles. The molecule has 3 rings (SSSR count). The van der Waals surface area contributed by atoms with Crippen LogP contribution >= 0.6 is 12.2 Å². The molecule has 0 atom stereocenters. The minimum absolute atomic E-state index is 0.0403. The summed E-state index contributed by atoms with van der Waals surface area (Å²) >= 11 is 5.44. The van der Waals surface area contributed by atoms with Crippen LogP contribution in [0.25, 0.3) is 0 Å². The lowest BCUT2D eigenvalue weighted by Crippen LogP contribution is -2.44.